The minimum absolute atomic E-state index is 0.170. The van der Waals surface area contributed by atoms with Crippen LogP contribution < -0.4 is 9.62 Å². The number of alkyl halides is 1. The summed E-state index contributed by atoms with van der Waals surface area (Å²) in [5.74, 6) is 0.531. The van der Waals surface area contributed by atoms with E-state index in [4.69, 9.17) is 0 Å². The van der Waals surface area contributed by atoms with E-state index < -0.39 is 5.67 Å². The number of amides is 1. The normalized spacial score (nSPS) is 16.5. The van der Waals surface area contributed by atoms with E-state index in [1.165, 1.54) is 25.8 Å². The first-order valence-corrected chi connectivity index (χ1v) is 11.2. The summed E-state index contributed by atoms with van der Waals surface area (Å²) < 4.78 is 19.0. The van der Waals surface area contributed by atoms with Gasteiger partial charge in [0.15, 0.2) is 0 Å². The number of rotatable bonds is 5. The SMILES string of the molecule is CSNc1cc(-c2cnn3c2C(=O)N(c2ccc(C(C)(C)F)cc2)C[C@@H]3S)ccn1. The highest BCUT2D eigenvalue weighted by Gasteiger charge is 2.34. The Labute approximate surface area is 184 Å². The van der Waals surface area contributed by atoms with Gasteiger partial charge < -0.3 is 9.62 Å². The van der Waals surface area contributed by atoms with Crippen LogP contribution in [0.3, 0.4) is 0 Å². The molecular formula is C21H22FN5OS2. The van der Waals surface area contributed by atoms with Crippen LogP contribution in [0.4, 0.5) is 15.9 Å². The van der Waals surface area contributed by atoms with E-state index >= 15 is 0 Å². The second kappa shape index (κ2) is 7.96. The highest BCUT2D eigenvalue weighted by Crippen LogP contribution is 2.35. The second-order valence-corrected chi connectivity index (χ2v) is 8.71. The summed E-state index contributed by atoms with van der Waals surface area (Å²) in [6.07, 6.45) is 5.30. The molecule has 3 heterocycles. The number of nitrogens with one attached hydrogen (secondary N) is 1. The Morgan fingerprint density at radius 1 is 1.27 bits per heavy atom. The Morgan fingerprint density at radius 3 is 2.67 bits per heavy atom. The van der Waals surface area contributed by atoms with Crippen molar-refractivity contribution in [3.05, 3.63) is 60.0 Å². The van der Waals surface area contributed by atoms with Gasteiger partial charge in [0.25, 0.3) is 5.91 Å². The number of thiol groups is 1. The van der Waals surface area contributed by atoms with Crippen LogP contribution in [0, 0.1) is 0 Å². The van der Waals surface area contributed by atoms with Crippen LogP contribution in [0.2, 0.25) is 0 Å². The van der Waals surface area contributed by atoms with Crippen molar-refractivity contribution in [3.8, 4) is 11.1 Å². The lowest BCUT2D eigenvalue weighted by molar-refractivity contribution is 0.0962. The van der Waals surface area contributed by atoms with Gasteiger partial charge in [0.2, 0.25) is 0 Å². The number of aromatic nitrogens is 3. The molecule has 1 aliphatic rings. The molecule has 0 fully saturated rings. The van der Waals surface area contributed by atoms with Crippen LogP contribution in [-0.4, -0.2) is 33.5 Å². The van der Waals surface area contributed by atoms with E-state index in [9.17, 15) is 9.18 Å². The van der Waals surface area contributed by atoms with Crippen molar-refractivity contribution in [2.24, 2.45) is 0 Å². The second-order valence-electron chi connectivity index (χ2n) is 7.50. The molecule has 30 heavy (non-hydrogen) atoms. The maximum Gasteiger partial charge on any atom is 0.277 e. The number of hydrogen-bond donors (Lipinski definition) is 2. The minimum atomic E-state index is -1.44. The molecule has 1 amide bonds. The van der Waals surface area contributed by atoms with Gasteiger partial charge in [-0.1, -0.05) is 24.1 Å². The first-order chi connectivity index (χ1) is 14.3. The van der Waals surface area contributed by atoms with Gasteiger partial charge in [-0.2, -0.15) is 17.7 Å². The maximum atomic E-state index is 14.2. The number of anilines is 2. The molecule has 0 aliphatic carbocycles. The first kappa shape index (κ1) is 20.7. The Morgan fingerprint density at radius 2 is 2.00 bits per heavy atom. The molecule has 0 bridgehead atoms. The van der Waals surface area contributed by atoms with Crippen molar-refractivity contribution in [1.82, 2.24) is 14.8 Å². The quantitative estimate of drug-likeness (QED) is 0.433. The highest BCUT2D eigenvalue weighted by atomic mass is 32.2. The number of pyridine rings is 1. The molecule has 9 heteroatoms. The van der Waals surface area contributed by atoms with Gasteiger partial charge in [-0.3, -0.25) is 4.79 Å². The third kappa shape index (κ3) is 3.79. The zero-order valence-corrected chi connectivity index (χ0v) is 18.5. The Kier molecular flexibility index (Phi) is 5.50. The van der Waals surface area contributed by atoms with E-state index in [2.05, 4.69) is 27.4 Å². The van der Waals surface area contributed by atoms with E-state index in [-0.39, 0.29) is 11.3 Å². The predicted octanol–water partition coefficient (Wildman–Crippen LogP) is 4.93. The topological polar surface area (TPSA) is 63.1 Å². The Bertz CT molecular complexity index is 1080. The van der Waals surface area contributed by atoms with Crippen LogP contribution >= 0.6 is 24.6 Å². The molecule has 3 aromatic rings. The fourth-order valence-electron chi connectivity index (χ4n) is 3.48. The van der Waals surface area contributed by atoms with E-state index in [1.807, 2.05) is 18.4 Å². The fraction of sp³-hybridized carbons (Fsp3) is 0.286. The number of halogens is 1. The molecule has 4 rings (SSSR count). The van der Waals surface area contributed by atoms with Gasteiger partial charge in [-0.25, -0.2) is 14.1 Å². The molecule has 0 unspecified atom stereocenters. The van der Waals surface area contributed by atoms with Crippen LogP contribution in [0.5, 0.6) is 0 Å². The van der Waals surface area contributed by atoms with Gasteiger partial charge in [0.1, 0.15) is 22.6 Å². The lowest BCUT2D eigenvalue weighted by Crippen LogP contribution is -2.42. The lowest BCUT2D eigenvalue weighted by atomic mass is 9.99. The van der Waals surface area contributed by atoms with Crippen molar-refractivity contribution in [2.45, 2.75) is 24.9 Å². The van der Waals surface area contributed by atoms with Gasteiger partial charge in [0, 0.05) is 23.7 Å². The van der Waals surface area contributed by atoms with E-state index in [0.717, 1.165) is 11.1 Å². The van der Waals surface area contributed by atoms with Gasteiger partial charge in [-0.05, 0) is 49.2 Å². The molecule has 1 N–H and O–H groups in total. The van der Waals surface area contributed by atoms with Crippen LogP contribution in [0.1, 0.15) is 35.3 Å². The summed E-state index contributed by atoms with van der Waals surface area (Å²) in [4.78, 5) is 19.4. The summed E-state index contributed by atoms with van der Waals surface area (Å²) in [5.41, 5.74) is 1.85. The third-order valence-electron chi connectivity index (χ3n) is 5.01. The molecule has 1 aliphatic heterocycles. The Balaban J connectivity index is 1.72. The predicted molar refractivity (Wildman–Crippen MR) is 123 cm³/mol. The molecule has 0 saturated heterocycles. The fourth-order valence-corrected chi connectivity index (χ4v) is 4.14. The first-order valence-electron chi connectivity index (χ1n) is 9.42. The molecule has 1 aromatic carbocycles. The van der Waals surface area contributed by atoms with Crippen molar-refractivity contribution < 1.29 is 9.18 Å². The highest BCUT2D eigenvalue weighted by molar-refractivity contribution is 7.99. The minimum Gasteiger partial charge on any atom is -0.315 e. The number of hydrogen-bond acceptors (Lipinski definition) is 6. The number of benzene rings is 1. The molecule has 6 nitrogen and oxygen atoms in total. The van der Waals surface area contributed by atoms with Crippen LogP contribution in [0.25, 0.3) is 11.1 Å². The monoisotopic (exact) mass is 443 g/mol. The number of fused-ring (bicyclic) bond motifs is 1. The summed E-state index contributed by atoms with van der Waals surface area (Å²) in [6, 6.07) is 10.7. The molecular weight excluding hydrogens is 421 g/mol. The third-order valence-corrected chi connectivity index (χ3v) is 5.81. The molecule has 0 spiro atoms. The average Bonchev–Trinajstić information content (AvgIpc) is 3.17. The molecule has 0 radical (unpaired) electrons. The lowest BCUT2D eigenvalue weighted by Gasteiger charge is -2.32. The Hall–Kier alpha value is -2.52. The zero-order chi connectivity index (χ0) is 21.5. The largest absolute Gasteiger partial charge is 0.315 e. The van der Waals surface area contributed by atoms with Crippen molar-refractivity contribution >= 4 is 42.0 Å². The number of carbonyl (C=O) groups excluding carboxylic acids is 1. The van der Waals surface area contributed by atoms with E-state index in [1.54, 1.807) is 46.2 Å². The summed E-state index contributed by atoms with van der Waals surface area (Å²) in [7, 11) is 0. The maximum absolute atomic E-state index is 14.2. The molecule has 0 saturated carbocycles. The standard InChI is InChI=1S/C21H22FN5OS2/c1-21(2,22)14-4-6-15(7-5-14)26-12-18(29)27-19(20(26)28)16(11-24-27)13-8-9-23-17(10-13)25-30-3/h4-11,18,29H,12H2,1-3H3,(H,23,25)/t18-/m0/s1. The summed E-state index contributed by atoms with van der Waals surface area (Å²) in [5, 5.41) is 4.11. The molecule has 156 valence electrons. The van der Waals surface area contributed by atoms with Crippen molar-refractivity contribution in [3.63, 3.8) is 0 Å². The van der Waals surface area contributed by atoms with Crippen molar-refractivity contribution in [1.29, 1.82) is 0 Å². The molecule has 2 aromatic heterocycles. The zero-order valence-electron chi connectivity index (χ0n) is 16.8. The van der Waals surface area contributed by atoms with Crippen molar-refractivity contribution in [2.75, 3.05) is 22.4 Å². The number of nitrogens with zero attached hydrogens (tertiary/aromatic N) is 4. The smallest absolute Gasteiger partial charge is 0.277 e. The van der Waals surface area contributed by atoms with E-state index in [0.29, 0.717) is 29.3 Å². The number of carbonyl (C=O) groups is 1. The molecule has 1 atom stereocenters. The summed E-state index contributed by atoms with van der Waals surface area (Å²) in [6.45, 7) is 3.39. The van der Waals surface area contributed by atoms with Gasteiger partial charge >= 0.3 is 0 Å². The summed E-state index contributed by atoms with van der Waals surface area (Å²) >= 11 is 6.10. The van der Waals surface area contributed by atoms with Crippen LogP contribution in [0.15, 0.2) is 48.8 Å². The average molecular weight is 444 g/mol. The van der Waals surface area contributed by atoms with Gasteiger partial charge in [0.05, 0.1) is 12.7 Å². The van der Waals surface area contributed by atoms with Crippen LogP contribution in [-0.2, 0) is 5.67 Å². The van der Waals surface area contributed by atoms with Gasteiger partial charge in [-0.15, -0.1) is 0 Å².